The highest BCUT2D eigenvalue weighted by atomic mass is 16.5. The first-order chi connectivity index (χ1) is 18.9. The monoisotopic (exact) mass is 570 g/mol. The Hall–Kier alpha value is -3.72. The zero-order valence-electron chi connectivity index (χ0n) is 25.3. The summed E-state index contributed by atoms with van der Waals surface area (Å²) >= 11 is 0. The normalized spacial score (nSPS) is 15.3. The molecule has 0 saturated heterocycles. The second kappa shape index (κ2) is 11.6. The highest BCUT2D eigenvalue weighted by Gasteiger charge is 2.43. The van der Waals surface area contributed by atoms with Gasteiger partial charge in [0.2, 0.25) is 0 Å². The molecule has 2 aromatic rings. The molecule has 2 atom stereocenters. The van der Waals surface area contributed by atoms with Gasteiger partial charge in [0.05, 0.1) is 12.7 Å². The van der Waals surface area contributed by atoms with Crippen LogP contribution in [0.1, 0.15) is 111 Å². The first kappa shape index (κ1) is 31.8. The van der Waals surface area contributed by atoms with Crippen LogP contribution in [0.3, 0.4) is 0 Å². The van der Waals surface area contributed by atoms with Gasteiger partial charge in [0.15, 0.2) is 11.6 Å². The highest BCUT2D eigenvalue weighted by molar-refractivity contribution is 6.02. The molecular weight excluding hydrogens is 528 g/mol. The van der Waals surface area contributed by atoms with E-state index in [9.17, 15) is 35.1 Å². The van der Waals surface area contributed by atoms with Crippen LogP contribution in [-0.4, -0.2) is 55.9 Å². The summed E-state index contributed by atoms with van der Waals surface area (Å²) in [6.07, 6.45) is 1.51. The Bertz CT molecular complexity index is 1410. The van der Waals surface area contributed by atoms with Gasteiger partial charge in [-0.1, -0.05) is 25.5 Å². The van der Waals surface area contributed by atoms with Crippen LogP contribution < -0.4 is 9.47 Å². The topological polar surface area (TPSA) is 154 Å². The van der Waals surface area contributed by atoms with Gasteiger partial charge in [-0.15, -0.1) is 0 Å². The van der Waals surface area contributed by atoms with Gasteiger partial charge in [-0.05, 0) is 60.3 Å². The Morgan fingerprint density at radius 3 is 1.98 bits per heavy atom. The smallest absolute Gasteiger partial charge is 0.167 e. The summed E-state index contributed by atoms with van der Waals surface area (Å²) in [7, 11) is 1.35. The summed E-state index contributed by atoms with van der Waals surface area (Å²) in [5.74, 6) is -3.89. The minimum atomic E-state index is -1.34. The number of hydrogen-bond acceptors (Lipinski definition) is 9. The molecule has 0 aromatic heterocycles. The molecule has 224 valence electrons. The van der Waals surface area contributed by atoms with Crippen molar-refractivity contribution < 1.29 is 44.6 Å². The number of aliphatic hydroxyl groups is 1. The lowest BCUT2D eigenvalue weighted by Crippen LogP contribution is -2.39. The van der Waals surface area contributed by atoms with E-state index in [0.29, 0.717) is 0 Å². The van der Waals surface area contributed by atoms with E-state index in [1.54, 1.807) is 13.8 Å². The predicted molar refractivity (Wildman–Crippen MR) is 155 cm³/mol. The summed E-state index contributed by atoms with van der Waals surface area (Å²) in [6, 6.07) is 0. The van der Waals surface area contributed by atoms with Gasteiger partial charge in [-0.3, -0.25) is 9.59 Å². The largest absolute Gasteiger partial charge is 0.507 e. The van der Waals surface area contributed by atoms with Crippen LogP contribution in [0.15, 0.2) is 11.6 Å². The molecule has 0 aliphatic carbocycles. The van der Waals surface area contributed by atoms with Crippen LogP contribution >= 0.6 is 0 Å². The van der Waals surface area contributed by atoms with Gasteiger partial charge >= 0.3 is 0 Å². The van der Waals surface area contributed by atoms with Gasteiger partial charge in [-0.25, -0.2) is 0 Å². The third-order valence-corrected chi connectivity index (χ3v) is 7.53. The average Bonchev–Trinajstić information content (AvgIpc) is 3.28. The number of phenols is 4. The van der Waals surface area contributed by atoms with Crippen molar-refractivity contribution in [2.75, 3.05) is 7.11 Å². The maximum absolute atomic E-state index is 12.9. The summed E-state index contributed by atoms with van der Waals surface area (Å²) in [4.78, 5) is 25.5. The second-order valence-corrected chi connectivity index (χ2v) is 12.0. The molecule has 0 saturated carbocycles. The van der Waals surface area contributed by atoms with Crippen molar-refractivity contribution in [3.05, 3.63) is 45.0 Å². The number of carbonyl (C=O) groups is 2. The van der Waals surface area contributed by atoms with Gasteiger partial charge in [-0.2, -0.15) is 0 Å². The van der Waals surface area contributed by atoms with E-state index in [1.165, 1.54) is 21.0 Å². The third kappa shape index (κ3) is 5.86. The number of phenolic OH excluding ortho intramolecular Hbond substituents is 4. The maximum Gasteiger partial charge on any atom is 0.167 e. The number of allylic oxidation sites excluding steroid dienone is 2. The molecule has 1 heterocycles. The lowest BCUT2D eigenvalue weighted by Gasteiger charge is -2.29. The number of ether oxygens (including phenoxy) is 2. The fraction of sp³-hybridized carbons (Fsp3) is 0.500. The standard InChI is InChI=1S/C32H42O9/c1-14(2)10-11-18-26(35)24(29(38)23(17(6)34)30(18)40-9)19(12-15(3)4)25-28(37)22(16(5)33)27(36)20-13-21(32(7,8)39)41-31(20)25/h10,15,19,21,35-39H,11-13H2,1-9H3/t19-,21+/m0/s1. The van der Waals surface area contributed by atoms with Crippen LogP contribution in [0.25, 0.3) is 0 Å². The molecule has 41 heavy (non-hydrogen) atoms. The van der Waals surface area contributed by atoms with Gasteiger partial charge in [0.1, 0.15) is 51.7 Å². The minimum Gasteiger partial charge on any atom is -0.507 e. The molecule has 0 bridgehead atoms. The van der Waals surface area contributed by atoms with E-state index in [-0.39, 0.29) is 75.8 Å². The van der Waals surface area contributed by atoms with E-state index in [2.05, 4.69) is 0 Å². The number of ketones is 2. The van der Waals surface area contributed by atoms with Crippen LogP contribution in [0, 0.1) is 5.92 Å². The van der Waals surface area contributed by atoms with Crippen molar-refractivity contribution in [2.24, 2.45) is 5.92 Å². The zero-order chi connectivity index (χ0) is 31.1. The highest BCUT2D eigenvalue weighted by Crippen LogP contribution is 2.57. The molecule has 9 nitrogen and oxygen atoms in total. The van der Waals surface area contributed by atoms with Crippen molar-refractivity contribution in [3.63, 3.8) is 0 Å². The number of fused-ring (bicyclic) bond motifs is 1. The molecule has 1 aliphatic rings. The zero-order valence-corrected chi connectivity index (χ0v) is 25.3. The Labute approximate surface area is 241 Å². The number of rotatable bonds is 10. The number of carbonyl (C=O) groups excluding carboxylic acids is 2. The van der Waals surface area contributed by atoms with Crippen molar-refractivity contribution >= 4 is 11.6 Å². The molecule has 3 rings (SSSR count). The van der Waals surface area contributed by atoms with Crippen molar-refractivity contribution in [1.29, 1.82) is 0 Å². The molecule has 0 fully saturated rings. The van der Waals surface area contributed by atoms with E-state index >= 15 is 0 Å². The summed E-state index contributed by atoms with van der Waals surface area (Å²) in [6.45, 7) is 13.2. The Kier molecular flexibility index (Phi) is 9.03. The molecule has 0 spiro atoms. The number of aromatic hydroxyl groups is 4. The molecule has 9 heteroatoms. The van der Waals surface area contributed by atoms with Crippen LogP contribution in [0.2, 0.25) is 0 Å². The average molecular weight is 571 g/mol. The number of benzene rings is 2. The first-order valence-corrected chi connectivity index (χ1v) is 13.7. The van der Waals surface area contributed by atoms with Gasteiger partial charge in [0.25, 0.3) is 0 Å². The molecule has 2 aromatic carbocycles. The molecular formula is C32H42O9. The number of Topliss-reactive ketones (excluding diaryl/α,β-unsaturated/α-hetero) is 2. The number of hydrogen-bond donors (Lipinski definition) is 5. The summed E-state index contributed by atoms with van der Waals surface area (Å²) < 4.78 is 11.7. The van der Waals surface area contributed by atoms with E-state index < -0.39 is 46.4 Å². The lowest BCUT2D eigenvalue weighted by atomic mass is 9.78. The molecule has 0 unspecified atom stereocenters. The maximum atomic E-state index is 12.9. The van der Waals surface area contributed by atoms with Crippen LogP contribution in [0.4, 0.5) is 0 Å². The van der Waals surface area contributed by atoms with Crippen molar-refractivity contribution in [2.45, 2.75) is 92.3 Å². The van der Waals surface area contributed by atoms with E-state index in [4.69, 9.17) is 9.47 Å². The van der Waals surface area contributed by atoms with E-state index in [0.717, 1.165) is 5.57 Å². The summed E-state index contributed by atoms with van der Waals surface area (Å²) in [5, 5.41) is 56.7. The van der Waals surface area contributed by atoms with Crippen molar-refractivity contribution in [3.8, 4) is 34.5 Å². The van der Waals surface area contributed by atoms with Crippen LogP contribution in [0.5, 0.6) is 34.5 Å². The molecule has 0 amide bonds. The van der Waals surface area contributed by atoms with E-state index in [1.807, 2.05) is 33.8 Å². The predicted octanol–water partition coefficient (Wildman–Crippen LogP) is 5.68. The van der Waals surface area contributed by atoms with Crippen molar-refractivity contribution in [1.82, 2.24) is 0 Å². The number of methoxy groups -OCH3 is 1. The Morgan fingerprint density at radius 2 is 1.51 bits per heavy atom. The van der Waals surface area contributed by atoms with Gasteiger partial charge in [0, 0.05) is 34.6 Å². The first-order valence-electron chi connectivity index (χ1n) is 13.7. The fourth-order valence-electron chi connectivity index (χ4n) is 5.52. The second-order valence-electron chi connectivity index (χ2n) is 12.0. The third-order valence-electron chi connectivity index (χ3n) is 7.53. The Balaban J connectivity index is 2.53. The van der Waals surface area contributed by atoms with Crippen LogP contribution in [-0.2, 0) is 12.8 Å². The fourth-order valence-corrected chi connectivity index (χ4v) is 5.52. The molecule has 1 aliphatic heterocycles. The summed E-state index contributed by atoms with van der Waals surface area (Å²) in [5.41, 5.74) is -0.288. The lowest BCUT2D eigenvalue weighted by molar-refractivity contribution is -0.0233. The Morgan fingerprint density at radius 1 is 0.951 bits per heavy atom. The quantitative estimate of drug-likeness (QED) is 0.179. The van der Waals surface area contributed by atoms with Gasteiger partial charge < -0.3 is 35.0 Å². The SMILES string of the molecule is COc1c(CC=C(C)C)c(O)c([C@H](CC(C)C)c2c(O)c(C(C)=O)c(O)c3c2O[C@@H](C(C)(C)O)C3)c(O)c1C(C)=O. The minimum absolute atomic E-state index is 0.0325. The molecule has 5 N–H and O–H groups in total. The molecule has 0 radical (unpaired) electrons.